The first kappa shape index (κ1) is 31.3. The summed E-state index contributed by atoms with van der Waals surface area (Å²) in [4.78, 5) is 61.1. The number of likely N-dealkylation sites (tertiary alicyclic amines) is 1. The Labute approximate surface area is 289 Å². The maximum atomic E-state index is 15.3. The molecule has 0 spiro atoms. The van der Waals surface area contributed by atoms with Gasteiger partial charge in [-0.2, -0.15) is 0 Å². The molecule has 4 aromatic rings. The van der Waals surface area contributed by atoms with Gasteiger partial charge in [0.2, 0.25) is 23.6 Å². The summed E-state index contributed by atoms with van der Waals surface area (Å²) in [7, 11) is 0. The lowest BCUT2D eigenvalue weighted by molar-refractivity contribution is -0.141. The Bertz CT molecular complexity index is 2050. The smallest absolute Gasteiger partial charge is 0.246 e. The predicted octanol–water partition coefficient (Wildman–Crippen LogP) is 7.03. The summed E-state index contributed by atoms with van der Waals surface area (Å²) in [6.45, 7) is 3.83. The van der Waals surface area contributed by atoms with Gasteiger partial charge in [-0.15, -0.1) is 0 Å². The van der Waals surface area contributed by atoms with Crippen LogP contribution in [0.2, 0.25) is 5.02 Å². The molecule has 3 fully saturated rings. The van der Waals surface area contributed by atoms with Gasteiger partial charge >= 0.3 is 0 Å². The Balaban J connectivity index is 1.34. The van der Waals surface area contributed by atoms with Crippen molar-refractivity contribution in [2.45, 2.75) is 44.6 Å². The summed E-state index contributed by atoms with van der Waals surface area (Å²) in [5, 5.41) is 11.2. The normalized spacial score (nSPS) is 27.6. The first-order valence-electron chi connectivity index (χ1n) is 16.7. The summed E-state index contributed by atoms with van der Waals surface area (Å²) in [6.07, 6.45) is 2.65. The van der Waals surface area contributed by atoms with Gasteiger partial charge in [-0.1, -0.05) is 102 Å². The number of hydrogen-bond donors (Lipinski definition) is 1. The second-order valence-electron chi connectivity index (χ2n) is 13.8. The van der Waals surface area contributed by atoms with Gasteiger partial charge in [0.1, 0.15) is 5.75 Å². The average molecular weight is 671 g/mol. The van der Waals surface area contributed by atoms with Gasteiger partial charge < -0.3 is 5.11 Å². The number of carbonyl (C=O) groups excluding carboxylic acids is 4. The first-order chi connectivity index (χ1) is 23.6. The van der Waals surface area contributed by atoms with Crippen molar-refractivity contribution in [2.75, 3.05) is 4.90 Å². The lowest BCUT2D eigenvalue weighted by Gasteiger charge is -2.51. The molecule has 6 unspecified atom stereocenters. The van der Waals surface area contributed by atoms with Crippen molar-refractivity contribution in [1.29, 1.82) is 0 Å². The monoisotopic (exact) mass is 670 g/mol. The molecule has 6 atom stereocenters. The number of phenols is 1. The lowest BCUT2D eigenvalue weighted by Crippen LogP contribution is -2.53. The van der Waals surface area contributed by atoms with Crippen molar-refractivity contribution in [3.8, 4) is 5.75 Å². The number of aromatic hydroxyl groups is 1. The van der Waals surface area contributed by atoms with Crippen molar-refractivity contribution in [3.05, 3.63) is 142 Å². The second kappa shape index (κ2) is 11.6. The number of aryl methyl sites for hydroxylation is 2. The average Bonchev–Trinajstić information content (AvgIpc) is 3.48. The molecule has 0 radical (unpaired) electrons. The van der Waals surface area contributed by atoms with Gasteiger partial charge in [-0.05, 0) is 78.6 Å². The van der Waals surface area contributed by atoms with Gasteiger partial charge in [0.15, 0.2) is 0 Å². The summed E-state index contributed by atoms with van der Waals surface area (Å²) >= 11 is 6.40. The molecule has 4 amide bonds. The number of carbonyl (C=O) groups is 4. The molecule has 246 valence electrons. The highest BCUT2D eigenvalue weighted by atomic mass is 35.5. The quantitative estimate of drug-likeness (QED) is 0.182. The topological polar surface area (TPSA) is 95.0 Å². The van der Waals surface area contributed by atoms with Crippen LogP contribution >= 0.6 is 11.6 Å². The molecule has 0 aromatic heterocycles. The summed E-state index contributed by atoms with van der Waals surface area (Å²) in [5.41, 5.74) is 3.57. The number of amides is 4. The molecule has 8 rings (SSSR count). The molecule has 49 heavy (non-hydrogen) atoms. The van der Waals surface area contributed by atoms with Gasteiger partial charge in [0.05, 0.1) is 35.4 Å². The number of imide groups is 2. The number of rotatable bonds is 5. The largest absolute Gasteiger partial charge is 0.507 e. The Morgan fingerprint density at radius 2 is 1.47 bits per heavy atom. The highest BCUT2D eigenvalue weighted by Crippen LogP contribution is 2.64. The lowest BCUT2D eigenvalue weighted by atomic mass is 9.49. The van der Waals surface area contributed by atoms with Crippen LogP contribution in [0.5, 0.6) is 5.75 Å². The molecule has 2 aliphatic carbocycles. The fourth-order valence-electron chi connectivity index (χ4n) is 9.26. The standard InChI is InChI=1S/C41H35ClN2O5/c1-23-18-26(19-24(2)36(23)45)35-30-16-17-31-34(39(48)43(37(31)46)22-25-10-5-3-6-11-25)32(30)21-33-38(47)44(29-15-9-14-28(42)20-29)40(49)41(33,35)27-12-7-4-8-13-27/h3-16,18-20,31-35,45H,17,21-22H2,1-2H3. The molecule has 4 aliphatic rings. The summed E-state index contributed by atoms with van der Waals surface area (Å²) < 4.78 is 0. The Morgan fingerprint density at radius 3 is 2.14 bits per heavy atom. The van der Waals surface area contributed by atoms with Gasteiger partial charge in [-0.3, -0.25) is 24.1 Å². The van der Waals surface area contributed by atoms with Crippen LogP contribution in [0.3, 0.4) is 0 Å². The number of hydrogen-bond acceptors (Lipinski definition) is 5. The van der Waals surface area contributed by atoms with E-state index in [1.807, 2.05) is 86.6 Å². The van der Waals surface area contributed by atoms with E-state index >= 15 is 4.79 Å². The number of halogens is 1. The third-order valence-electron chi connectivity index (χ3n) is 11.3. The minimum absolute atomic E-state index is 0.168. The van der Waals surface area contributed by atoms with E-state index in [1.165, 1.54) is 9.80 Å². The van der Waals surface area contributed by atoms with E-state index in [-0.39, 0.29) is 42.3 Å². The molecule has 1 N–H and O–H groups in total. The summed E-state index contributed by atoms with van der Waals surface area (Å²) in [6, 6.07) is 29.5. The number of anilines is 1. The van der Waals surface area contributed by atoms with Crippen LogP contribution in [0, 0.1) is 37.5 Å². The fraction of sp³-hybridized carbons (Fsp3) is 0.268. The molecule has 8 heteroatoms. The van der Waals surface area contributed by atoms with Crippen molar-refractivity contribution >= 4 is 40.9 Å². The molecule has 2 aliphatic heterocycles. The van der Waals surface area contributed by atoms with Crippen LogP contribution in [0.25, 0.3) is 0 Å². The van der Waals surface area contributed by atoms with Crippen LogP contribution in [0.15, 0.2) is 109 Å². The summed E-state index contributed by atoms with van der Waals surface area (Å²) in [5.74, 6) is -4.12. The van der Waals surface area contributed by atoms with E-state index in [2.05, 4.69) is 6.08 Å². The molecule has 1 saturated carbocycles. The van der Waals surface area contributed by atoms with Crippen molar-refractivity contribution < 1.29 is 24.3 Å². The van der Waals surface area contributed by atoms with Crippen LogP contribution in [-0.4, -0.2) is 33.6 Å². The van der Waals surface area contributed by atoms with E-state index in [4.69, 9.17) is 11.6 Å². The third kappa shape index (κ3) is 4.55. The molecule has 0 bridgehead atoms. The van der Waals surface area contributed by atoms with E-state index in [9.17, 15) is 19.5 Å². The molecule has 4 aromatic carbocycles. The Kier molecular flexibility index (Phi) is 7.37. The molecular weight excluding hydrogens is 636 g/mol. The number of benzene rings is 4. The van der Waals surface area contributed by atoms with Gasteiger partial charge in [0, 0.05) is 10.9 Å². The van der Waals surface area contributed by atoms with E-state index in [0.717, 1.165) is 16.7 Å². The zero-order valence-corrected chi connectivity index (χ0v) is 27.9. The Morgan fingerprint density at radius 1 is 0.796 bits per heavy atom. The molecule has 7 nitrogen and oxygen atoms in total. The van der Waals surface area contributed by atoms with E-state index in [0.29, 0.717) is 33.8 Å². The molecule has 2 heterocycles. The zero-order valence-electron chi connectivity index (χ0n) is 27.2. The van der Waals surface area contributed by atoms with E-state index < -0.39 is 35.0 Å². The van der Waals surface area contributed by atoms with Crippen molar-refractivity contribution in [1.82, 2.24) is 4.90 Å². The minimum atomic E-state index is -1.36. The van der Waals surface area contributed by atoms with E-state index in [1.54, 1.807) is 24.3 Å². The Hall–Kier alpha value is -5.01. The van der Waals surface area contributed by atoms with Crippen LogP contribution < -0.4 is 4.90 Å². The fourth-order valence-corrected chi connectivity index (χ4v) is 9.45. The highest BCUT2D eigenvalue weighted by Gasteiger charge is 2.70. The van der Waals surface area contributed by atoms with Crippen LogP contribution in [0.4, 0.5) is 5.69 Å². The van der Waals surface area contributed by atoms with Crippen LogP contribution in [0.1, 0.15) is 46.6 Å². The minimum Gasteiger partial charge on any atom is -0.507 e. The number of allylic oxidation sites excluding steroid dienone is 2. The maximum absolute atomic E-state index is 15.3. The first-order valence-corrected chi connectivity index (χ1v) is 17.1. The third-order valence-corrected chi connectivity index (χ3v) is 11.5. The van der Waals surface area contributed by atoms with Crippen molar-refractivity contribution in [3.63, 3.8) is 0 Å². The van der Waals surface area contributed by atoms with Gasteiger partial charge in [0.25, 0.3) is 0 Å². The van der Waals surface area contributed by atoms with Crippen LogP contribution in [-0.2, 0) is 31.1 Å². The molecular formula is C41H35ClN2O5. The number of fused-ring (bicyclic) bond motifs is 4. The molecule has 2 saturated heterocycles. The van der Waals surface area contributed by atoms with Crippen molar-refractivity contribution in [2.24, 2.45) is 23.7 Å². The maximum Gasteiger partial charge on any atom is 0.246 e. The second-order valence-corrected chi connectivity index (χ2v) is 14.3. The predicted molar refractivity (Wildman–Crippen MR) is 186 cm³/mol. The van der Waals surface area contributed by atoms with Gasteiger partial charge in [-0.25, -0.2) is 4.90 Å². The SMILES string of the molecule is Cc1cc(C2C3=CCC4C(=O)N(Cc5ccccc5)C(=O)C4C3CC3C(=O)N(c4cccc(Cl)c4)C(=O)C32c2ccccc2)cc(C)c1O. The zero-order chi connectivity index (χ0) is 34.2. The highest BCUT2D eigenvalue weighted by molar-refractivity contribution is 6.32. The number of phenolic OH excluding ortho intramolecular Hbond substituents is 1. The number of nitrogens with zero attached hydrogens (tertiary/aromatic N) is 2.